The summed E-state index contributed by atoms with van der Waals surface area (Å²) in [7, 11) is 4.23. The molecule has 0 atom stereocenters. The molecule has 4 nitrogen and oxygen atoms in total. The second-order valence-corrected chi connectivity index (χ2v) is 32.3. The Balaban J connectivity index is 4.58. The van der Waals surface area contributed by atoms with E-state index in [4.69, 9.17) is 9.47 Å². The van der Waals surface area contributed by atoms with Gasteiger partial charge in [-0.25, -0.2) is 0 Å². The van der Waals surface area contributed by atoms with E-state index in [9.17, 15) is 9.59 Å². The molecule has 0 saturated heterocycles. The van der Waals surface area contributed by atoms with Crippen molar-refractivity contribution in [3.05, 3.63) is 0 Å². The van der Waals surface area contributed by atoms with E-state index in [1.54, 1.807) is 0 Å². The van der Waals surface area contributed by atoms with Crippen molar-refractivity contribution in [3.8, 4) is 0 Å². The predicted molar refractivity (Wildman–Crippen MR) is 108 cm³/mol. The van der Waals surface area contributed by atoms with Crippen LogP contribution in [0, 0.1) is 0 Å². The Morgan fingerprint density at radius 1 is 0.875 bits per heavy atom. The number of hydrogen-bond donors (Lipinski definition) is 0. The van der Waals surface area contributed by atoms with Crippen molar-refractivity contribution in [2.24, 2.45) is 0 Å². The van der Waals surface area contributed by atoms with Crippen molar-refractivity contribution in [1.29, 1.82) is 0 Å². The molecule has 0 fully saturated rings. The molecule has 7 heteroatoms. The molecule has 0 aliphatic heterocycles. The number of hydrogen-bond acceptors (Lipinski definition) is 6. The molecule has 0 rings (SSSR count). The summed E-state index contributed by atoms with van der Waals surface area (Å²) in [5.74, 6) is 1.51. The van der Waals surface area contributed by atoms with Crippen LogP contribution in [0.4, 0.5) is 0 Å². The van der Waals surface area contributed by atoms with Crippen LogP contribution in [0.25, 0.3) is 0 Å². The molecule has 0 radical (unpaired) electrons. The molecule has 0 aliphatic rings. The van der Waals surface area contributed by atoms with Gasteiger partial charge in [-0.15, -0.1) is 0 Å². The number of rotatable bonds is 15. The van der Waals surface area contributed by atoms with E-state index in [1.165, 1.54) is 41.5 Å². The number of carbonyl (C=O) groups excluding carboxylic acids is 2. The van der Waals surface area contributed by atoms with Crippen molar-refractivity contribution < 1.29 is 19.1 Å². The summed E-state index contributed by atoms with van der Waals surface area (Å²) in [6.07, 6.45) is 5.45. The standard InChI is InChI=1S/C5H10O2S.C4H8O2S.2C4H9.Sn/c1-2-5(6)7-3-4-8;1-4(5)6-2-3-7;2*1-3-4-2;/h8H,2-4H2,1H3;7H,2-3H2,1H3;2*1,3-4H2,2H3;/q;;;;+2/p-2. The molecule has 0 heterocycles. The maximum absolute atomic E-state index is 11.3. The molecule has 0 bridgehead atoms. The fraction of sp³-hybridized carbons (Fsp3) is 0.882. The summed E-state index contributed by atoms with van der Waals surface area (Å²) in [5.41, 5.74) is 0. The second-order valence-electron chi connectivity index (χ2n) is 5.73. The van der Waals surface area contributed by atoms with Gasteiger partial charge < -0.3 is 0 Å². The Kier molecular flexibility index (Phi) is 16.0. The zero-order chi connectivity index (χ0) is 18.3. The van der Waals surface area contributed by atoms with Crippen molar-refractivity contribution in [3.63, 3.8) is 0 Å². The number of carbonyl (C=O) groups is 2. The van der Waals surface area contributed by atoms with Gasteiger partial charge in [0.05, 0.1) is 0 Å². The number of ether oxygens (including phenoxy) is 2. The molecule has 0 unspecified atom stereocenters. The Bertz CT molecular complexity index is 345. The van der Waals surface area contributed by atoms with E-state index >= 15 is 0 Å². The fourth-order valence-electron chi connectivity index (χ4n) is 2.25. The number of unbranched alkanes of at least 4 members (excludes halogenated alkanes) is 2. The van der Waals surface area contributed by atoms with Crippen molar-refractivity contribution >= 4 is 45.4 Å². The average Bonchev–Trinajstić information content (AvgIpc) is 2.58. The molecule has 0 amide bonds. The molecular weight excluding hydrogens is 451 g/mol. The van der Waals surface area contributed by atoms with Gasteiger partial charge in [-0.2, -0.15) is 0 Å². The van der Waals surface area contributed by atoms with Crippen LogP contribution in [-0.4, -0.2) is 52.3 Å². The quantitative estimate of drug-likeness (QED) is 0.185. The third-order valence-corrected chi connectivity index (χ3v) is 34.5. The molecule has 0 aliphatic carbocycles. The van der Waals surface area contributed by atoms with Gasteiger partial charge >= 0.3 is 158 Å². The molecule has 0 N–H and O–H groups in total. The molecule has 0 aromatic rings. The van der Waals surface area contributed by atoms with E-state index in [1.807, 2.05) is 6.92 Å². The Hall–Kier alpha value is 0.439. The van der Waals surface area contributed by atoms with Gasteiger partial charge in [-0.3, -0.25) is 0 Å². The van der Waals surface area contributed by atoms with E-state index in [-0.39, 0.29) is 11.9 Å². The van der Waals surface area contributed by atoms with Crippen molar-refractivity contribution in [2.45, 2.75) is 68.7 Å². The Morgan fingerprint density at radius 3 is 1.79 bits per heavy atom. The first-order chi connectivity index (χ1) is 11.5. The normalized spacial score (nSPS) is 11.3. The molecule has 0 spiro atoms. The van der Waals surface area contributed by atoms with Gasteiger partial charge in [-0.1, -0.05) is 0 Å². The van der Waals surface area contributed by atoms with E-state index in [0.717, 1.165) is 11.5 Å². The van der Waals surface area contributed by atoms with Gasteiger partial charge in [0.25, 0.3) is 0 Å². The topological polar surface area (TPSA) is 52.6 Å². The van der Waals surface area contributed by atoms with Crippen LogP contribution < -0.4 is 0 Å². The van der Waals surface area contributed by atoms with E-state index in [0.29, 0.717) is 19.6 Å². The first-order valence-electron chi connectivity index (χ1n) is 9.06. The van der Waals surface area contributed by atoms with Gasteiger partial charge in [0, 0.05) is 0 Å². The first-order valence-corrected chi connectivity index (χ1v) is 22.1. The van der Waals surface area contributed by atoms with Crippen LogP contribution in [0.5, 0.6) is 0 Å². The van der Waals surface area contributed by atoms with Crippen LogP contribution in [0.15, 0.2) is 0 Å². The molecule has 0 aromatic heterocycles. The van der Waals surface area contributed by atoms with E-state index in [2.05, 4.69) is 31.7 Å². The maximum atomic E-state index is 11.3. The molecule has 142 valence electrons. The fourth-order valence-corrected chi connectivity index (χ4v) is 32.1. The van der Waals surface area contributed by atoms with Gasteiger partial charge in [-0.05, 0) is 0 Å². The molecular formula is C17H34O4S2Sn. The number of esters is 2. The molecule has 0 aromatic carbocycles. The summed E-state index contributed by atoms with van der Waals surface area (Å²) < 4.78 is 13.1. The Morgan fingerprint density at radius 2 is 1.38 bits per heavy atom. The van der Waals surface area contributed by atoms with Crippen LogP contribution in [0.3, 0.4) is 0 Å². The summed E-state index contributed by atoms with van der Waals surface area (Å²) in [6.45, 7) is 8.82. The van der Waals surface area contributed by atoms with Gasteiger partial charge in [0.2, 0.25) is 0 Å². The SMILES string of the molecule is CCC[CH2][Sn]([CH2]CCC)([S]CCOC(C)=O)[S]CCOC(=O)CC. The van der Waals surface area contributed by atoms with Crippen molar-refractivity contribution in [1.82, 2.24) is 0 Å². The molecule has 0 saturated carbocycles. The van der Waals surface area contributed by atoms with Crippen molar-refractivity contribution in [2.75, 3.05) is 24.7 Å². The van der Waals surface area contributed by atoms with Crippen LogP contribution >= 0.6 is 17.9 Å². The zero-order valence-corrected chi connectivity index (χ0v) is 20.2. The first kappa shape index (κ1) is 24.4. The van der Waals surface area contributed by atoms with E-state index < -0.39 is 15.6 Å². The second kappa shape index (κ2) is 15.7. The third kappa shape index (κ3) is 12.8. The summed E-state index contributed by atoms with van der Waals surface area (Å²) in [4.78, 5) is 22.2. The predicted octanol–water partition coefficient (Wildman–Crippen LogP) is 5.01. The minimum absolute atomic E-state index is 0.110. The third-order valence-electron chi connectivity index (χ3n) is 3.58. The minimum atomic E-state index is -2.40. The van der Waals surface area contributed by atoms with Crippen LogP contribution in [0.2, 0.25) is 8.87 Å². The summed E-state index contributed by atoms with van der Waals surface area (Å²) in [5, 5.41) is 0. The van der Waals surface area contributed by atoms with Gasteiger partial charge in [0.15, 0.2) is 0 Å². The summed E-state index contributed by atoms with van der Waals surface area (Å²) >= 11 is -2.40. The monoisotopic (exact) mass is 486 g/mol. The molecule has 24 heavy (non-hydrogen) atoms. The van der Waals surface area contributed by atoms with Crippen LogP contribution in [-0.2, 0) is 19.1 Å². The average molecular weight is 485 g/mol. The Labute approximate surface area is 157 Å². The van der Waals surface area contributed by atoms with Crippen LogP contribution in [0.1, 0.15) is 59.8 Å². The van der Waals surface area contributed by atoms with Gasteiger partial charge in [0.1, 0.15) is 0 Å². The zero-order valence-electron chi connectivity index (χ0n) is 15.7. The summed E-state index contributed by atoms with van der Waals surface area (Å²) in [6, 6.07) is 0.